The van der Waals surface area contributed by atoms with Crippen LogP contribution in [-0.4, -0.2) is 68.6 Å². The Morgan fingerprint density at radius 3 is 2.83 bits per heavy atom. The van der Waals surface area contributed by atoms with Crippen LogP contribution in [0.4, 0.5) is 5.82 Å². The van der Waals surface area contributed by atoms with Crippen molar-refractivity contribution in [3.05, 3.63) is 36.8 Å². The highest BCUT2D eigenvalue weighted by atomic mass is 16.6. The number of aromatic nitrogens is 3. The summed E-state index contributed by atoms with van der Waals surface area (Å²) in [6.45, 7) is 7.71. The number of nitrogens with two attached hydrogens (primary N) is 1. The molecular formula is C28H37N5O3. The third-order valence-corrected chi connectivity index (χ3v) is 8.14. The lowest BCUT2D eigenvalue weighted by atomic mass is 9.79. The normalized spacial score (nSPS) is 28.0. The molecule has 4 heterocycles. The molecule has 1 saturated carbocycles. The minimum absolute atomic E-state index is 0.0640. The average molecular weight is 492 g/mol. The van der Waals surface area contributed by atoms with Crippen molar-refractivity contribution in [3.8, 4) is 16.9 Å². The maximum absolute atomic E-state index is 9.83. The molecule has 8 heteroatoms. The van der Waals surface area contributed by atoms with Crippen LogP contribution in [0.3, 0.4) is 0 Å². The Hall–Kier alpha value is -2.68. The zero-order chi connectivity index (χ0) is 24.9. The summed E-state index contributed by atoms with van der Waals surface area (Å²) in [6.07, 6.45) is 8.92. The van der Waals surface area contributed by atoms with Crippen LogP contribution < -0.4 is 10.5 Å². The van der Waals surface area contributed by atoms with Gasteiger partial charge in [0.15, 0.2) is 0 Å². The largest absolute Gasteiger partial charge is 0.491 e. The quantitative estimate of drug-likeness (QED) is 0.515. The highest BCUT2D eigenvalue weighted by Crippen LogP contribution is 2.43. The van der Waals surface area contributed by atoms with Gasteiger partial charge in [0.05, 0.1) is 23.2 Å². The average Bonchev–Trinajstić information content (AvgIpc) is 3.52. The van der Waals surface area contributed by atoms with Gasteiger partial charge in [-0.25, -0.2) is 9.97 Å². The van der Waals surface area contributed by atoms with Gasteiger partial charge in [0, 0.05) is 37.4 Å². The molecule has 2 atom stereocenters. The summed E-state index contributed by atoms with van der Waals surface area (Å²) >= 11 is 0. The van der Waals surface area contributed by atoms with Crippen LogP contribution in [0.2, 0.25) is 0 Å². The summed E-state index contributed by atoms with van der Waals surface area (Å²) in [4.78, 5) is 11.3. The number of hydrogen-bond donors (Lipinski definition) is 2. The Morgan fingerprint density at radius 2 is 2.08 bits per heavy atom. The van der Waals surface area contributed by atoms with Crippen molar-refractivity contribution < 1.29 is 14.6 Å². The molecule has 8 nitrogen and oxygen atoms in total. The van der Waals surface area contributed by atoms with Gasteiger partial charge in [0.25, 0.3) is 0 Å². The van der Waals surface area contributed by atoms with Gasteiger partial charge in [-0.3, -0.25) is 0 Å². The summed E-state index contributed by atoms with van der Waals surface area (Å²) in [5, 5.41) is 10.7. The molecule has 2 aromatic heterocycles. The van der Waals surface area contributed by atoms with Crippen molar-refractivity contribution in [2.45, 2.75) is 69.8 Å². The molecule has 192 valence electrons. The monoisotopic (exact) mass is 491 g/mol. The molecule has 3 fully saturated rings. The molecule has 3 aliphatic rings. The number of ether oxygens (including phenoxy) is 2. The van der Waals surface area contributed by atoms with Crippen LogP contribution in [0.5, 0.6) is 5.75 Å². The van der Waals surface area contributed by atoms with Gasteiger partial charge in [-0.05, 0) is 69.6 Å². The lowest BCUT2D eigenvalue weighted by Crippen LogP contribution is -2.36. The van der Waals surface area contributed by atoms with E-state index in [9.17, 15) is 5.11 Å². The third-order valence-electron chi connectivity index (χ3n) is 8.14. The first-order valence-electron chi connectivity index (χ1n) is 13.3. The fourth-order valence-electron chi connectivity index (χ4n) is 6.16. The number of nitrogens with zero attached hydrogens (tertiary/aromatic N) is 4. The van der Waals surface area contributed by atoms with Crippen LogP contribution in [0.25, 0.3) is 22.2 Å². The molecule has 3 N–H and O–H groups in total. The Labute approximate surface area is 212 Å². The summed E-state index contributed by atoms with van der Waals surface area (Å²) in [6, 6.07) is 8.59. The lowest BCUT2D eigenvalue weighted by Gasteiger charge is -2.38. The maximum atomic E-state index is 9.83. The number of aliphatic hydroxyl groups is 1. The van der Waals surface area contributed by atoms with E-state index in [0.717, 1.165) is 79.6 Å². The summed E-state index contributed by atoms with van der Waals surface area (Å²) in [5.41, 5.74) is 9.30. The number of β-amino-alcohol motifs (C(OH)–C–C–N with tert-alkyl or cyclic N) is 1. The van der Waals surface area contributed by atoms with Crippen LogP contribution in [0, 0.1) is 5.92 Å². The molecule has 1 unspecified atom stereocenters. The first kappa shape index (κ1) is 23.7. The van der Waals surface area contributed by atoms with Gasteiger partial charge >= 0.3 is 0 Å². The molecule has 3 aromatic rings. The number of hydrogen-bond acceptors (Lipinski definition) is 7. The third kappa shape index (κ3) is 4.69. The van der Waals surface area contributed by atoms with Crippen molar-refractivity contribution in [1.82, 2.24) is 19.4 Å². The van der Waals surface area contributed by atoms with Gasteiger partial charge in [-0.1, -0.05) is 12.1 Å². The molecule has 0 bridgehead atoms. The second-order valence-electron chi connectivity index (χ2n) is 11.5. The number of anilines is 1. The minimum atomic E-state index is -0.159. The predicted molar refractivity (Wildman–Crippen MR) is 140 cm³/mol. The molecule has 2 saturated heterocycles. The zero-order valence-electron chi connectivity index (χ0n) is 21.3. The molecule has 2 aliphatic heterocycles. The number of rotatable bonds is 7. The van der Waals surface area contributed by atoms with Gasteiger partial charge in [-0.2, -0.15) is 0 Å². The highest BCUT2D eigenvalue weighted by molar-refractivity contribution is 6.00. The van der Waals surface area contributed by atoms with E-state index in [0.29, 0.717) is 24.4 Å². The van der Waals surface area contributed by atoms with E-state index in [1.807, 2.05) is 12.1 Å². The Kier molecular flexibility index (Phi) is 6.14. The van der Waals surface area contributed by atoms with E-state index in [4.69, 9.17) is 15.2 Å². The second-order valence-corrected chi connectivity index (χ2v) is 11.5. The van der Waals surface area contributed by atoms with E-state index in [-0.39, 0.29) is 17.8 Å². The highest BCUT2D eigenvalue weighted by Gasteiger charge is 2.35. The molecule has 1 aromatic carbocycles. The molecular weight excluding hydrogens is 454 g/mol. The fraction of sp³-hybridized carbons (Fsp3) is 0.571. The first-order chi connectivity index (χ1) is 17.3. The topological polar surface area (TPSA) is 98.7 Å². The molecule has 36 heavy (non-hydrogen) atoms. The van der Waals surface area contributed by atoms with E-state index in [2.05, 4.69) is 51.6 Å². The predicted octanol–water partition coefficient (Wildman–Crippen LogP) is 4.03. The van der Waals surface area contributed by atoms with Gasteiger partial charge < -0.3 is 29.8 Å². The molecule has 0 spiro atoms. The molecule has 6 rings (SSSR count). The van der Waals surface area contributed by atoms with E-state index in [1.54, 1.807) is 6.33 Å². The van der Waals surface area contributed by atoms with Crippen molar-refractivity contribution in [2.75, 3.05) is 32.0 Å². The second kappa shape index (κ2) is 9.32. The zero-order valence-corrected chi connectivity index (χ0v) is 21.3. The van der Waals surface area contributed by atoms with E-state index < -0.39 is 0 Å². The molecule has 1 aliphatic carbocycles. The van der Waals surface area contributed by atoms with Crippen LogP contribution in [0.1, 0.15) is 52.0 Å². The van der Waals surface area contributed by atoms with Crippen molar-refractivity contribution in [1.29, 1.82) is 0 Å². The van der Waals surface area contributed by atoms with Crippen molar-refractivity contribution >= 4 is 16.9 Å². The number of benzene rings is 1. The minimum Gasteiger partial charge on any atom is -0.491 e. The van der Waals surface area contributed by atoms with Gasteiger partial charge in [0.2, 0.25) is 0 Å². The number of nitrogen functional groups attached to an aromatic ring is 1. The molecule has 0 amide bonds. The number of likely N-dealkylation sites (tertiary alicyclic amines) is 1. The Bertz CT molecular complexity index is 1240. The first-order valence-corrected chi connectivity index (χ1v) is 13.3. The number of aliphatic hydroxyl groups excluding tert-OH is 1. The Morgan fingerprint density at radius 1 is 1.22 bits per heavy atom. The maximum Gasteiger partial charge on any atom is 0.146 e. The summed E-state index contributed by atoms with van der Waals surface area (Å²) in [5.74, 6) is 1.98. The fourth-order valence-corrected chi connectivity index (χ4v) is 6.16. The summed E-state index contributed by atoms with van der Waals surface area (Å²) < 4.78 is 14.5. The van der Waals surface area contributed by atoms with E-state index >= 15 is 0 Å². The van der Waals surface area contributed by atoms with Gasteiger partial charge in [0.1, 0.15) is 30.1 Å². The van der Waals surface area contributed by atoms with Crippen LogP contribution in [0.15, 0.2) is 36.8 Å². The van der Waals surface area contributed by atoms with Crippen molar-refractivity contribution in [2.24, 2.45) is 5.92 Å². The van der Waals surface area contributed by atoms with Gasteiger partial charge in [-0.15, -0.1) is 0 Å². The Balaban J connectivity index is 1.20. The van der Waals surface area contributed by atoms with Crippen molar-refractivity contribution in [3.63, 3.8) is 0 Å². The SMILES string of the molecule is CC1(C)CCC(COc2cccc(-c3cn(C4CC(CN5CC[C@H](O)C5)C4)c4ncnc(N)c34)c2)O1. The number of fused-ring (bicyclic) bond motifs is 1. The standard InChI is InChI=1S/C28H37N5O3/c1-28(2)8-6-23(36-28)16-35-22-5-3-4-19(12-22)24-15-33(27-25(24)26(29)30-17-31-27)20-10-18(11-20)13-32-9-7-21(34)14-32/h3-5,12,15,17-18,20-21,23,34H,6-11,13-14,16H2,1-2H3,(H2,29,30,31)/t18?,20?,21-,23?/m0/s1. The molecule has 0 radical (unpaired) electrons. The lowest BCUT2D eigenvalue weighted by molar-refractivity contribution is -0.0326. The van der Waals surface area contributed by atoms with Crippen LogP contribution in [-0.2, 0) is 4.74 Å². The smallest absolute Gasteiger partial charge is 0.146 e. The van der Waals surface area contributed by atoms with E-state index in [1.165, 1.54) is 0 Å². The van der Waals surface area contributed by atoms with Crippen LogP contribution >= 0.6 is 0 Å². The summed E-state index contributed by atoms with van der Waals surface area (Å²) in [7, 11) is 0.